The summed E-state index contributed by atoms with van der Waals surface area (Å²) in [5.74, 6) is 1.63. The number of para-hydroxylation sites is 1. The number of aliphatic imine (C=N–C) groups is 1. The third-order valence-electron chi connectivity index (χ3n) is 4.16. The molecule has 7 heteroatoms. The van der Waals surface area contributed by atoms with Crippen LogP contribution < -0.4 is 15.4 Å². The van der Waals surface area contributed by atoms with Gasteiger partial charge in [-0.05, 0) is 37.9 Å². The Balaban J connectivity index is 0.00000364. The number of methoxy groups -OCH3 is 1. The van der Waals surface area contributed by atoms with Gasteiger partial charge < -0.3 is 20.3 Å². The molecule has 0 spiro atoms. The van der Waals surface area contributed by atoms with E-state index >= 15 is 0 Å². The van der Waals surface area contributed by atoms with Gasteiger partial charge >= 0.3 is 0 Å². The number of halogens is 2. The molecular formula is C20H28ClIN4O. The molecule has 0 radical (unpaired) electrons. The minimum absolute atomic E-state index is 0. The summed E-state index contributed by atoms with van der Waals surface area (Å²) in [5, 5.41) is 7.44. The van der Waals surface area contributed by atoms with Crippen molar-refractivity contribution >= 4 is 41.5 Å². The molecule has 0 aromatic heterocycles. The molecular weight excluding hydrogens is 475 g/mol. The fourth-order valence-electron chi connectivity index (χ4n) is 2.76. The predicted octanol–water partition coefficient (Wildman–Crippen LogP) is 3.93. The van der Waals surface area contributed by atoms with Crippen molar-refractivity contribution in [1.29, 1.82) is 0 Å². The van der Waals surface area contributed by atoms with Gasteiger partial charge in [-0.2, -0.15) is 0 Å². The molecule has 1 atom stereocenters. The molecule has 0 saturated heterocycles. The Labute approximate surface area is 184 Å². The van der Waals surface area contributed by atoms with E-state index in [1.807, 2.05) is 42.5 Å². The zero-order valence-corrected chi connectivity index (χ0v) is 19.3. The average Bonchev–Trinajstić information content (AvgIpc) is 2.64. The summed E-state index contributed by atoms with van der Waals surface area (Å²) in [5.41, 5.74) is 2.24. The van der Waals surface area contributed by atoms with Crippen LogP contribution >= 0.6 is 35.6 Å². The van der Waals surface area contributed by atoms with Gasteiger partial charge in [0.25, 0.3) is 0 Å². The first-order valence-corrected chi connectivity index (χ1v) is 8.91. The average molecular weight is 503 g/mol. The maximum atomic E-state index is 6.04. The number of guanidine groups is 1. The maximum Gasteiger partial charge on any atom is 0.191 e. The van der Waals surface area contributed by atoms with E-state index in [-0.39, 0.29) is 30.0 Å². The Kier molecular flexibility index (Phi) is 10.5. The normalized spacial score (nSPS) is 12.3. The molecule has 2 rings (SSSR count). The fraction of sp³-hybridized carbons (Fsp3) is 0.350. The molecule has 27 heavy (non-hydrogen) atoms. The highest BCUT2D eigenvalue weighted by Gasteiger charge is 2.18. The quantitative estimate of drug-likeness (QED) is 0.342. The van der Waals surface area contributed by atoms with E-state index in [9.17, 15) is 0 Å². The van der Waals surface area contributed by atoms with Gasteiger partial charge in [0.15, 0.2) is 5.96 Å². The van der Waals surface area contributed by atoms with Gasteiger partial charge in [-0.1, -0.05) is 41.9 Å². The van der Waals surface area contributed by atoms with Crippen LogP contribution in [0.4, 0.5) is 0 Å². The lowest BCUT2D eigenvalue weighted by Crippen LogP contribution is -2.41. The van der Waals surface area contributed by atoms with Crippen LogP contribution in [0.3, 0.4) is 0 Å². The number of benzene rings is 2. The molecule has 0 bridgehead atoms. The molecule has 0 aliphatic rings. The number of likely N-dealkylation sites (N-methyl/N-ethyl adjacent to an activating group) is 1. The molecule has 0 amide bonds. The summed E-state index contributed by atoms with van der Waals surface area (Å²) in [7, 11) is 7.58. The Hall–Kier alpha value is -1.51. The van der Waals surface area contributed by atoms with Crippen LogP contribution in [0.25, 0.3) is 0 Å². The highest BCUT2D eigenvalue weighted by Crippen LogP contribution is 2.27. The molecule has 148 valence electrons. The smallest absolute Gasteiger partial charge is 0.191 e. The third-order valence-corrected chi connectivity index (χ3v) is 4.39. The molecule has 0 heterocycles. The molecule has 0 fully saturated rings. The van der Waals surface area contributed by atoms with E-state index < -0.39 is 0 Å². The van der Waals surface area contributed by atoms with Crippen molar-refractivity contribution in [3.63, 3.8) is 0 Å². The lowest BCUT2D eigenvalue weighted by molar-refractivity contribution is 0.287. The van der Waals surface area contributed by atoms with Crippen LogP contribution in [-0.2, 0) is 6.54 Å². The zero-order valence-electron chi connectivity index (χ0n) is 16.2. The molecule has 2 aromatic rings. The second-order valence-electron chi connectivity index (χ2n) is 6.16. The number of ether oxygens (including phenoxy) is 1. The van der Waals surface area contributed by atoms with Gasteiger partial charge in [-0.15, -0.1) is 24.0 Å². The molecule has 2 N–H and O–H groups in total. The van der Waals surface area contributed by atoms with E-state index in [1.54, 1.807) is 14.2 Å². The minimum atomic E-state index is 0. The first-order valence-electron chi connectivity index (χ1n) is 8.53. The van der Waals surface area contributed by atoms with Crippen LogP contribution in [0.5, 0.6) is 5.75 Å². The largest absolute Gasteiger partial charge is 0.496 e. The molecule has 2 aromatic carbocycles. The predicted molar refractivity (Wildman–Crippen MR) is 124 cm³/mol. The van der Waals surface area contributed by atoms with Crippen molar-refractivity contribution in [1.82, 2.24) is 15.5 Å². The summed E-state index contributed by atoms with van der Waals surface area (Å²) >= 11 is 6.04. The van der Waals surface area contributed by atoms with Gasteiger partial charge in [-0.3, -0.25) is 4.99 Å². The summed E-state index contributed by atoms with van der Waals surface area (Å²) in [6, 6.07) is 16.0. The zero-order chi connectivity index (χ0) is 18.9. The van der Waals surface area contributed by atoms with Gasteiger partial charge in [-0.25, -0.2) is 0 Å². The number of nitrogens with one attached hydrogen (secondary N) is 2. The molecule has 5 nitrogen and oxygen atoms in total. The number of nitrogens with zero attached hydrogens (tertiary/aromatic N) is 2. The maximum absolute atomic E-state index is 6.04. The lowest BCUT2D eigenvalue weighted by atomic mass is 10.0. The highest BCUT2D eigenvalue weighted by atomic mass is 127. The Bertz CT molecular complexity index is 739. The molecule has 0 aliphatic carbocycles. The second-order valence-corrected chi connectivity index (χ2v) is 6.59. The van der Waals surface area contributed by atoms with Gasteiger partial charge in [0.05, 0.1) is 13.2 Å². The fourth-order valence-corrected chi connectivity index (χ4v) is 2.97. The summed E-state index contributed by atoms with van der Waals surface area (Å²) in [4.78, 5) is 6.47. The Morgan fingerprint density at radius 1 is 1.15 bits per heavy atom. The van der Waals surface area contributed by atoms with Crippen LogP contribution in [0, 0.1) is 0 Å². The summed E-state index contributed by atoms with van der Waals surface area (Å²) in [6.45, 7) is 1.35. The minimum Gasteiger partial charge on any atom is -0.496 e. The van der Waals surface area contributed by atoms with Crippen molar-refractivity contribution in [2.45, 2.75) is 12.6 Å². The lowest BCUT2D eigenvalue weighted by Gasteiger charge is -2.27. The number of rotatable bonds is 7. The van der Waals surface area contributed by atoms with Gasteiger partial charge in [0.1, 0.15) is 5.75 Å². The van der Waals surface area contributed by atoms with E-state index in [1.165, 1.54) is 0 Å². The Morgan fingerprint density at radius 3 is 2.52 bits per heavy atom. The SMILES string of the molecule is CN=C(NCc1cccc(Cl)c1)NCC(c1ccccc1OC)N(C)C.I. The van der Waals surface area contributed by atoms with E-state index in [0.29, 0.717) is 13.1 Å². The standard InChI is InChI=1S/C20H27ClN4O.HI/c1-22-20(23-13-15-8-7-9-16(21)12-15)24-14-18(25(2)3)17-10-5-6-11-19(17)26-4;/h5-12,18H,13-14H2,1-4H3,(H2,22,23,24);1H. The van der Waals surface area contributed by atoms with E-state index in [2.05, 4.69) is 40.7 Å². The van der Waals surface area contributed by atoms with Crippen LogP contribution in [0.1, 0.15) is 17.2 Å². The van der Waals surface area contributed by atoms with Crippen molar-refractivity contribution in [2.75, 3.05) is 34.8 Å². The Morgan fingerprint density at radius 2 is 1.89 bits per heavy atom. The molecule has 1 unspecified atom stereocenters. The van der Waals surface area contributed by atoms with Gasteiger partial charge in [0, 0.05) is 30.7 Å². The van der Waals surface area contributed by atoms with Gasteiger partial charge in [0.2, 0.25) is 0 Å². The third kappa shape index (κ3) is 7.20. The molecule has 0 aliphatic heterocycles. The summed E-state index contributed by atoms with van der Waals surface area (Å²) in [6.07, 6.45) is 0. The second kappa shape index (κ2) is 12.0. The molecule has 0 saturated carbocycles. The highest BCUT2D eigenvalue weighted by molar-refractivity contribution is 14.0. The summed E-state index contributed by atoms with van der Waals surface area (Å²) < 4.78 is 5.51. The van der Waals surface area contributed by atoms with Crippen molar-refractivity contribution in [2.24, 2.45) is 4.99 Å². The van der Waals surface area contributed by atoms with E-state index in [0.717, 1.165) is 27.9 Å². The van der Waals surface area contributed by atoms with Crippen molar-refractivity contribution < 1.29 is 4.74 Å². The van der Waals surface area contributed by atoms with Crippen LogP contribution in [0.15, 0.2) is 53.5 Å². The van der Waals surface area contributed by atoms with Crippen LogP contribution in [0.2, 0.25) is 5.02 Å². The topological polar surface area (TPSA) is 48.9 Å². The van der Waals surface area contributed by atoms with Crippen molar-refractivity contribution in [3.8, 4) is 5.75 Å². The first-order chi connectivity index (χ1) is 12.5. The monoisotopic (exact) mass is 502 g/mol. The van der Waals surface area contributed by atoms with E-state index in [4.69, 9.17) is 16.3 Å². The van der Waals surface area contributed by atoms with Crippen molar-refractivity contribution in [3.05, 3.63) is 64.7 Å². The first kappa shape index (κ1) is 23.5. The number of hydrogen-bond acceptors (Lipinski definition) is 3. The van der Waals surface area contributed by atoms with Crippen LogP contribution in [-0.4, -0.2) is 45.7 Å². The number of hydrogen-bond donors (Lipinski definition) is 2.